The summed E-state index contributed by atoms with van der Waals surface area (Å²) in [7, 11) is 0. The Morgan fingerprint density at radius 2 is 2.29 bits per heavy atom. The molecule has 1 heterocycles. The lowest BCUT2D eigenvalue weighted by molar-refractivity contribution is -0.386. The van der Waals surface area contributed by atoms with Gasteiger partial charge in [0.15, 0.2) is 0 Å². The van der Waals surface area contributed by atoms with Gasteiger partial charge in [0.2, 0.25) is 5.82 Å². The molecule has 0 aromatic heterocycles. The van der Waals surface area contributed by atoms with Gasteiger partial charge in [0.1, 0.15) is 5.69 Å². The first kappa shape index (κ1) is 8.93. The minimum atomic E-state index is -0.775. The maximum atomic E-state index is 13.1. The van der Waals surface area contributed by atoms with Crippen molar-refractivity contribution in [2.75, 3.05) is 11.9 Å². The second kappa shape index (κ2) is 3.25. The maximum Gasteiger partial charge on any atom is 0.327 e. The smallest absolute Gasteiger partial charge is 0.327 e. The summed E-state index contributed by atoms with van der Waals surface area (Å²) in [5.74, 6) is -0.775. The summed E-state index contributed by atoms with van der Waals surface area (Å²) in [6.45, 7) is 0.664. The lowest BCUT2D eigenvalue weighted by Crippen LogP contribution is -2.14. The van der Waals surface area contributed by atoms with Gasteiger partial charge in [0.25, 0.3) is 0 Å². The largest absolute Gasteiger partial charge is 0.379 e. The molecule has 0 unspecified atom stereocenters. The van der Waals surface area contributed by atoms with Crippen LogP contribution >= 0.6 is 0 Å². The van der Waals surface area contributed by atoms with Gasteiger partial charge in [0, 0.05) is 6.54 Å². The summed E-state index contributed by atoms with van der Waals surface area (Å²) in [5.41, 5.74) is 0.743. The normalized spacial score (nSPS) is 14.4. The van der Waals surface area contributed by atoms with Crippen molar-refractivity contribution in [3.8, 4) is 0 Å². The van der Waals surface area contributed by atoms with Crippen LogP contribution in [0.2, 0.25) is 0 Å². The lowest BCUT2D eigenvalue weighted by Gasteiger charge is -2.17. The first-order chi connectivity index (χ1) is 6.70. The number of nitrogens with zero attached hydrogens (tertiary/aromatic N) is 1. The van der Waals surface area contributed by atoms with Gasteiger partial charge in [-0.1, -0.05) is 6.07 Å². The molecule has 1 aromatic carbocycles. The Morgan fingerprint density at radius 3 is 3.00 bits per heavy atom. The van der Waals surface area contributed by atoms with Gasteiger partial charge in [0.05, 0.1) is 4.92 Å². The Balaban J connectivity index is 2.60. The average Bonchev–Trinajstić information content (AvgIpc) is 2.17. The zero-order valence-electron chi connectivity index (χ0n) is 7.42. The van der Waals surface area contributed by atoms with Crippen LogP contribution in [0.5, 0.6) is 0 Å². The molecule has 2 rings (SSSR count). The Labute approximate surface area is 79.9 Å². The van der Waals surface area contributed by atoms with E-state index in [2.05, 4.69) is 5.32 Å². The van der Waals surface area contributed by atoms with Crippen LogP contribution in [-0.2, 0) is 6.42 Å². The third-order valence-corrected chi connectivity index (χ3v) is 2.32. The molecule has 5 heteroatoms. The molecule has 74 valence electrons. The van der Waals surface area contributed by atoms with Gasteiger partial charge in [-0.2, -0.15) is 4.39 Å². The van der Waals surface area contributed by atoms with Crippen molar-refractivity contribution in [1.82, 2.24) is 0 Å². The van der Waals surface area contributed by atoms with E-state index in [-0.39, 0.29) is 0 Å². The number of hydrogen-bond donors (Lipinski definition) is 1. The zero-order valence-corrected chi connectivity index (χ0v) is 7.42. The molecule has 0 spiro atoms. The predicted molar refractivity (Wildman–Crippen MR) is 49.9 cm³/mol. The first-order valence-corrected chi connectivity index (χ1v) is 4.40. The fraction of sp³-hybridized carbons (Fsp3) is 0.333. The number of benzene rings is 1. The molecule has 0 fully saturated rings. The molecule has 0 bridgehead atoms. The molecule has 1 N–H and O–H groups in total. The van der Waals surface area contributed by atoms with Crippen molar-refractivity contribution < 1.29 is 9.31 Å². The molecular weight excluding hydrogens is 187 g/mol. The van der Waals surface area contributed by atoms with Crippen LogP contribution in [0.25, 0.3) is 0 Å². The standard InChI is InChI=1S/C9H9FN2O2/c10-7-4-3-6-2-1-5-11-8(6)9(7)12(13)14/h3-4,11H,1-2,5H2. The van der Waals surface area contributed by atoms with Crippen LogP contribution in [0.4, 0.5) is 15.8 Å². The molecule has 0 amide bonds. The molecule has 0 atom stereocenters. The van der Waals surface area contributed by atoms with Crippen molar-refractivity contribution in [2.24, 2.45) is 0 Å². The number of anilines is 1. The molecular formula is C9H9FN2O2. The number of nitro groups is 1. The Hall–Kier alpha value is -1.65. The first-order valence-electron chi connectivity index (χ1n) is 4.40. The number of aryl methyl sites for hydroxylation is 1. The summed E-state index contributed by atoms with van der Waals surface area (Å²) < 4.78 is 13.1. The fourth-order valence-corrected chi connectivity index (χ4v) is 1.68. The number of fused-ring (bicyclic) bond motifs is 1. The summed E-state index contributed by atoms with van der Waals surface area (Å²) >= 11 is 0. The highest BCUT2D eigenvalue weighted by atomic mass is 19.1. The predicted octanol–water partition coefficient (Wildman–Crippen LogP) is 2.09. The van der Waals surface area contributed by atoms with Crippen molar-refractivity contribution in [3.05, 3.63) is 33.6 Å². The molecule has 1 aliphatic heterocycles. The van der Waals surface area contributed by atoms with Gasteiger partial charge < -0.3 is 5.32 Å². The van der Waals surface area contributed by atoms with Crippen molar-refractivity contribution in [2.45, 2.75) is 12.8 Å². The van der Waals surface area contributed by atoms with Gasteiger partial charge in [-0.25, -0.2) is 0 Å². The van der Waals surface area contributed by atoms with Crippen molar-refractivity contribution in [3.63, 3.8) is 0 Å². The van der Waals surface area contributed by atoms with Crippen LogP contribution in [0.1, 0.15) is 12.0 Å². The van der Waals surface area contributed by atoms with Crippen molar-refractivity contribution >= 4 is 11.4 Å². The molecule has 14 heavy (non-hydrogen) atoms. The fourth-order valence-electron chi connectivity index (χ4n) is 1.68. The Kier molecular flexibility index (Phi) is 2.07. The van der Waals surface area contributed by atoms with Crippen LogP contribution in [0, 0.1) is 15.9 Å². The lowest BCUT2D eigenvalue weighted by atomic mass is 10.0. The molecule has 4 nitrogen and oxygen atoms in total. The molecule has 1 aliphatic rings. The Morgan fingerprint density at radius 1 is 1.50 bits per heavy atom. The third-order valence-electron chi connectivity index (χ3n) is 2.32. The second-order valence-electron chi connectivity index (χ2n) is 3.22. The molecule has 0 saturated carbocycles. The van der Waals surface area contributed by atoms with E-state index in [0.717, 1.165) is 24.5 Å². The van der Waals surface area contributed by atoms with E-state index in [0.29, 0.717) is 12.2 Å². The van der Waals surface area contributed by atoms with Gasteiger partial charge in [-0.05, 0) is 24.5 Å². The number of rotatable bonds is 1. The van der Waals surface area contributed by atoms with E-state index in [1.54, 1.807) is 6.07 Å². The van der Waals surface area contributed by atoms with Crippen LogP contribution in [0.3, 0.4) is 0 Å². The summed E-state index contributed by atoms with van der Waals surface area (Å²) in [4.78, 5) is 9.95. The number of hydrogen-bond acceptors (Lipinski definition) is 3. The molecule has 0 saturated heterocycles. The topological polar surface area (TPSA) is 55.2 Å². The SMILES string of the molecule is O=[N+]([O-])c1c(F)ccc2c1NCCC2. The summed E-state index contributed by atoms with van der Waals surface area (Å²) in [5, 5.41) is 13.5. The second-order valence-corrected chi connectivity index (χ2v) is 3.22. The van der Waals surface area contributed by atoms with Crippen LogP contribution in [-0.4, -0.2) is 11.5 Å². The van der Waals surface area contributed by atoms with E-state index in [1.165, 1.54) is 0 Å². The van der Waals surface area contributed by atoms with E-state index in [1.807, 2.05) is 0 Å². The van der Waals surface area contributed by atoms with Gasteiger partial charge in [-0.15, -0.1) is 0 Å². The minimum absolute atomic E-state index is 0.348. The quantitative estimate of drug-likeness (QED) is 0.552. The Bertz CT molecular complexity index is 393. The number of nitrogens with one attached hydrogen (secondary N) is 1. The van der Waals surface area contributed by atoms with Crippen molar-refractivity contribution in [1.29, 1.82) is 0 Å². The third kappa shape index (κ3) is 1.30. The van der Waals surface area contributed by atoms with E-state index < -0.39 is 16.4 Å². The summed E-state index contributed by atoms with van der Waals surface area (Å²) in [6.07, 6.45) is 1.69. The zero-order chi connectivity index (χ0) is 10.1. The van der Waals surface area contributed by atoms with Crippen LogP contribution in [0.15, 0.2) is 12.1 Å². The molecule has 0 aliphatic carbocycles. The number of nitro benzene ring substituents is 1. The average molecular weight is 196 g/mol. The highest BCUT2D eigenvalue weighted by Crippen LogP contribution is 2.33. The van der Waals surface area contributed by atoms with E-state index in [9.17, 15) is 14.5 Å². The number of halogens is 1. The van der Waals surface area contributed by atoms with Crippen LogP contribution < -0.4 is 5.32 Å². The maximum absolute atomic E-state index is 13.1. The van der Waals surface area contributed by atoms with Gasteiger partial charge >= 0.3 is 5.69 Å². The highest BCUT2D eigenvalue weighted by Gasteiger charge is 2.24. The summed E-state index contributed by atoms with van der Waals surface area (Å²) in [6, 6.07) is 2.76. The molecule has 1 aromatic rings. The monoisotopic (exact) mass is 196 g/mol. The minimum Gasteiger partial charge on any atom is -0.379 e. The van der Waals surface area contributed by atoms with E-state index in [4.69, 9.17) is 0 Å². The highest BCUT2D eigenvalue weighted by molar-refractivity contribution is 5.68. The van der Waals surface area contributed by atoms with Gasteiger partial charge in [-0.3, -0.25) is 10.1 Å². The van der Waals surface area contributed by atoms with E-state index >= 15 is 0 Å². The molecule has 0 radical (unpaired) electrons.